The van der Waals surface area contributed by atoms with Crippen LogP contribution >= 0.6 is 0 Å². The molecule has 0 spiro atoms. The fraction of sp³-hybridized carbons (Fsp3) is 0.667. The molecule has 0 aliphatic heterocycles. The minimum absolute atomic E-state index is 0.0956. The van der Waals surface area contributed by atoms with Gasteiger partial charge in [-0.1, -0.05) is 0 Å². The number of aliphatic hydroxyl groups is 2. The second-order valence-corrected chi connectivity index (χ2v) is 12.1. The fourth-order valence-electron chi connectivity index (χ4n) is 6.25. The van der Waals surface area contributed by atoms with E-state index in [1.807, 2.05) is 30.0 Å². The van der Waals surface area contributed by atoms with E-state index in [-0.39, 0.29) is 91.8 Å². The lowest BCUT2D eigenvalue weighted by atomic mass is 9.73. The quantitative estimate of drug-likeness (QED) is 0.142. The molecule has 1 aliphatic carbocycles. The van der Waals surface area contributed by atoms with Crippen LogP contribution in [0.4, 0.5) is 5.69 Å². The number of aliphatic hydroxyl groups excluding tert-OH is 2. The highest BCUT2D eigenvalue weighted by molar-refractivity contribution is 6.03. The number of anilines is 1. The fourth-order valence-corrected chi connectivity index (χ4v) is 6.25. The highest BCUT2D eigenvalue weighted by Gasteiger charge is 2.36. The Balaban J connectivity index is 2.37. The average molecular weight is 635 g/mol. The molecule has 3 N–H and O–H groups in total. The first-order valence-corrected chi connectivity index (χ1v) is 15.5. The van der Waals surface area contributed by atoms with Crippen molar-refractivity contribution in [1.29, 1.82) is 0 Å². The van der Waals surface area contributed by atoms with Gasteiger partial charge in [0.15, 0.2) is 5.78 Å². The number of hydrogen-bond acceptors (Lipinski definition) is 12. The molecule has 1 aromatic carbocycles. The highest BCUT2D eigenvalue weighted by atomic mass is 16.5. The minimum Gasteiger partial charge on any atom is -0.507 e. The van der Waals surface area contributed by atoms with E-state index in [4.69, 9.17) is 9.47 Å². The van der Waals surface area contributed by atoms with Gasteiger partial charge in [0.2, 0.25) is 0 Å². The van der Waals surface area contributed by atoms with Gasteiger partial charge in [-0.15, -0.1) is 0 Å². The third kappa shape index (κ3) is 11.2. The first-order chi connectivity index (χ1) is 21.4. The zero-order chi connectivity index (χ0) is 33.7. The Kier molecular flexibility index (Phi) is 15.6. The van der Waals surface area contributed by atoms with Crippen LogP contribution in [0.3, 0.4) is 0 Å². The van der Waals surface area contributed by atoms with E-state index in [9.17, 15) is 39.3 Å². The largest absolute Gasteiger partial charge is 0.507 e. The number of esters is 2. The number of methoxy groups -OCH3 is 2. The lowest BCUT2D eigenvalue weighted by Gasteiger charge is -2.33. The van der Waals surface area contributed by atoms with Gasteiger partial charge in [0.25, 0.3) is 0 Å². The summed E-state index contributed by atoms with van der Waals surface area (Å²) in [4.78, 5) is 65.2. The lowest BCUT2D eigenvalue weighted by molar-refractivity contribution is -0.141. The molecule has 0 heterocycles. The number of Topliss-reactive ketones (excluding diaryl/α,β-unsaturated/α-hetero) is 3. The molecule has 0 aromatic heterocycles. The van der Waals surface area contributed by atoms with Crippen LogP contribution in [-0.4, -0.2) is 104 Å². The number of ketones is 3. The maximum atomic E-state index is 13.6. The molecule has 0 saturated heterocycles. The molecule has 1 aliphatic rings. The molecule has 0 saturated carbocycles. The van der Waals surface area contributed by atoms with Crippen LogP contribution in [0.5, 0.6) is 5.75 Å². The van der Waals surface area contributed by atoms with Crippen molar-refractivity contribution in [2.45, 2.75) is 71.3 Å². The molecule has 0 bridgehead atoms. The van der Waals surface area contributed by atoms with Gasteiger partial charge in [0.05, 0.1) is 32.8 Å². The predicted molar refractivity (Wildman–Crippen MR) is 167 cm³/mol. The van der Waals surface area contributed by atoms with Crippen LogP contribution in [-0.2, 0) is 41.6 Å². The van der Waals surface area contributed by atoms with Gasteiger partial charge in [0, 0.05) is 63.7 Å². The van der Waals surface area contributed by atoms with Crippen molar-refractivity contribution in [3.05, 3.63) is 22.8 Å². The molecule has 2 rings (SSSR count). The molecule has 0 fully saturated rings. The van der Waals surface area contributed by atoms with Gasteiger partial charge in [-0.3, -0.25) is 28.9 Å². The predicted octanol–water partition coefficient (Wildman–Crippen LogP) is 2.46. The number of nitrogens with zero attached hydrogens (tertiary/aromatic N) is 2. The van der Waals surface area contributed by atoms with Crippen molar-refractivity contribution < 1.29 is 48.8 Å². The Labute approximate surface area is 265 Å². The normalized spacial score (nSPS) is 15.7. The number of phenolic OH excluding ortho intramolecular Hbond substituents is 1. The molecular weight excluding hydrogens is 584 g/mol. The summed E-state index contributed by atoms with van der Waals surface area (Å²) in [5.41, 5.74) is 2.28. The van der Waals surface area contributed by atoms with Gasteiger partial charge >= 0.3 is 11.9 Å². The third-order valence-corrected chi connectivity index (χ3v) is 8.49. The summed E-state index contributed by atoms with van der Waals surface area (Å²) < 4.78 is 9.50. The summed E-state index contributed by atoms with van der Waals surface area (Å²) in [6, 6.07) is 1.86. The average Bonchev–Trinajstić information content (AvgIpc) is 2.97. The van der Waals surface area contributed by atoms with Gasteiger partial charge in [-0.2, -0.15) is 0 Å². The number of aromatic hydroxyl groups is 1. The molecule has 1 aromatic rings. The van der Waals surface area contributed by atoms with Gasteiger partial charge in [-0.05, 0) is 75.6 Å². The summed E-state index contributed by atoms with van der Waals surface area (Å²) in [7, 11) is 6.37. The second kappa shape index (κ2) is 18.6. The summed E-state index contributed by atoms with van der Waals surface area (Å²) in [6.45, 7) is 1.96. The zero-order valence-electron chi connectivity index (χ0n) is 27.3. The highest BCUT2D eigenvalue weighted by Crippen LogP contribution is 2.42. The Hall–Kier alpha value is -3.35. The zero-order valence-corrected chi connectivity index (χ0v) is 27.3. The number of phenols is 1. The van der Waals surface area contributed by atoms with Crippen LogP contribution in [0.1, 0.15) is 79.8 Å². The molecule has 3 unspecified atom stereocenters. The van der Waals surface area contributed by atoms with Gasteiger partial charge in [0.1, 0.15) is 17.3 Å². The lowest BCUT2D eigenvalue weighted by Crippen LogP contribution is -2.33. The van der Waals surface area contributed by atoms with Crippen LogP contribution < -0.4 is 4.90 Å². The molecular formula is C33H50N2O10. The van der Waals surface area contributed by atoms with Crippen LogP contribution in [0.15, 0.2) is 6.07 Å². The van der Waals surface area contributed by atoms with Crippen LogP contribution in [0, 0.1) is 17.8 Å². The Morgan fingerprint density at radius 1 is 1.00 bits per heavy atom. The Morgan fingerprint density at radius 3 is 2.09 bits per heavy atom. The van der Waals surface area contributed by atoms with E-state index >= 15 is 0 Å². The van der Waals surface area contributed by atoms with Crippen molar-refractivity contribution >= 4 is 35.0 Å². The summed E-state index contributed by atoms with van der Waals surface area (Å²) in [5.74, 6) is -3.07. The van der Waals surface area contributed by atoms with Gasteiger partial charge in [-0.25, -0.2) is 0 Å². The number of hydrogen-bond donors (Lipinski definition) is 3. The molecule has 0 radical (unpaired) electrons. The van der Waals surface area contributed by atoms with Crippen molar-refractivity contribution in [3.8, 4) is 5.75 Å². The van der Waals surface area contributed by atoms with E-state index in [0.717, 1.165) is 5.69 Å². The Morgan fingerprint density at radius 2 is 1.60 bits per heavy atom. The topological polar surface area (TPSA) is 171 Å². The summed E-state index contributed by atoms with van der Waals surface area (Å²) >= 11 is 0. The summed E-state index contributed by atoms with van der Waals surface area (Å²) in [5, 5.41) is 31.2. The number of rotatable bonds is 20. The summed E-state index contributed by atoms with van der Waals surface area (Å²) in [6.07, 6.45) is 2.39. The van der Waals surface area contributed by atoms with Crippen LogP contribution in [0.2, 0.25) is 0 Å². The van der Waals surface area contributed by atoms with Gasteiger partial charge < -0.3 is 29.7 Å². The number of carbonyl (C=O) groups excluding carboxylic acids is 5. The van der Waals surface area contributed by atoms with Crippen molar-refractivity contribution in [2.24, 2.45) is 17.8 Å². The number of ether oxygens (including phenoxy) is 2. The number of benzene rings is 1. The maximum Gasteiger partial charge on any atom is 0.305 e. The molecule has 45 heavy (non-hydrogen) atoms. The smallest absolute Gasteiger partial charge is 0.305 e. The number of carbonyl (C=O) groups is 5. The molecule has 0 amide bonds. The van der Waals surface area contributed by atoms with E-state index in [1.54, 1.807) is 0 Å². The maximum absolute atomic E-state index is 13.6. The van der Waals surface area contributed by atoms with E-state index in [2.05, 4.69) is 0 Å². The van der Waals surface area contributed by atoms with Crippen LogP contribution in [0.25, 0.3) is 0 Å². The number of fused-ring (bicyclic) bond motifs is 1. The van der Waals surface area contributed by atoms with Crippen molar-refractivity contribution in [1.82, 2.24) is 4.90 Å². The standard InChI is InChI=1S/C33H50N2O10/c1-21(38)14-28(39)26(20-37)23(10-13-36)15-22-16-25-27(34(2)3)18-24(33(43)32(25)29(40)17-22)19-35(11-6-8-30(41)44-4)12-7-9-31(42)45-5/h18,22-23,26,36-37,43H,6-17,19-20H2,1-5H3. The molecule has 12 nitrogen and oxygen atoms in total. The minimum atomic E-state index is -0.814. The first-order valence-electron chi connectivity index (χ1n) is 15.5. The molecule has 12 heteroatoms. The van der Waals surface area contributed by atoms with E-state index in [1.165, 1.54) is 21.1 Å². The molecule has 3 atom stereocenters. The SMILES string of the molecule is COC(=O)CCCN(CCCC(=O)OC)Cc1cc(N(C)C)c2c(c1O)C(=O)CC(CC(CCO)C(CO)C(=O)CC(C)=O)C2. The second-order valence-electron chi connectivity index (χ2n) is 12.1. The van der Waals surface area contributed by atoms with E-state index in [0.29, 0.717) is 49.9 Å². The third-order valence-electron chi connectivity index (χ3n) is 8.49. The van der Waals surface area contributed by atoms with Crippen molar-refractivity contribution in [2.75, 3.05) is 59.5 Å². The first kappa shape index (κ1) is 37.8. The monoisotopic (exact) mass is 634 g/mol. The molecule has 252 valence electrons. The van der Waals surface area contributed by atoms with Crippen molar-refractivity contribution in [3.63, 3.8) is 0 Å². The Bertz CT molecular complexity index is 1180. The van der Waals surface area contributed by atoms with E-state index < -0.39 is 18.4 Å².